The third kappa shape index (κ3) is 6.53. The molecule has 0 saturated carbocycles. The lowest BCUT2D eigenvalue weighted by Crippen LogP contribution is -2.28. The van der Waals surface area contributed by atoms with Crippen molar-refractivity contribution in [1.82, 2.24) is 5.32 Å². The molecular weight excluding hydrogens is 461 g/mol. The number of carbonyl (C=O) groups excluding carboxylic acids is 2. The van der Waals surface area contributed by atoms with Crippen molar-refractivity contribution in [2.45, 2.75) is 25.3 Å². The van der Waals surface area contributed by atoms with E-state index in [1.807, 2.05) is 5.32 Å². The average molecular weight is 473 g/mol. The normalized spacial score (nSPS) is 11.9. The maximum Gasteiger partial charge on any atom is 0.417 e. The first-order valence-electron chi connectivity index (χ1n) is 8.06. The lowest BCUT2D eigenvalue weighted by Gasteiger charge is -2.17. The highest BCUT2D eigenvalue weighted by molar-refractivity contribution is 6.42. The minimum atomic E-state index is -5.29. The fourth-order valence-corrected chi connectivity index (χ4v) is 2.69. The molecule has 4 nitrogen and oxygen atoms in total. The number of alkyl halides is 6. The van der Waals surface area contributed by atoms with Gasteiger partial charge in [-0.15, -0.1) is 0 Å². The van der Waals surface area contributed by atoms with Crippen LogP contribution < -0.4 is 10.6 Å². The van der Waals surface area contributed by atoms with E-state index in [2.05, 4.69) is 5.32 Å². The lowest BCUT2D eigenvalue weighted by molar-refractivity contribution is -0.162. The van der Waals surface area contributed by atoms with E-state index in [0.717, 1.165) is 0 Å². The van der Waals surface area contributed by atoms with Crippen LogP contribution in [0.5, 0.6) is 0 Å². The van der Waals surface area contributed by atoms with Crippen LogP contribution in [0.1, 0.15) is 23.1 Å². The first-order valence-corrected chi connectivity index (χ1v) is 8.82. The van der Waals surface area contributed by atoms with Crippen LogP contribution in [-0.2, 0) is 28.5 Å². The molecule has 2 N–H and O–H groups in total. The number of nitrogens with one attached hydrogen (secondary N) is 2. The monoisotopic (exact) mass is 472 g/mol. The van der Waals surface area contributed by atoms with Gasteiger partial charge in [-0.25, -0.2) is 0 Å². The molecule has 0 bridgehead atoms. The summed E-state index contributed by atoms with van der Waals surface area (Å²) in [5, 5.41) is 4.93. The number of amides is 2. The molecule has 0 saturated heterocycles. The summed E-state index contributed by atoms with van der Waals surface area (Å²) >= 11 is 11.6. The van der Waals surface area contributed by atoms with Crippen LogP contribution in [0.4, 0.5) is 32.0 Å². The van der Waals surface area contributed by atoms with E-state index in [0.29, 0.717) is 16.7 Å². The summed E-state index contributed by atoms with van der Waals surface area (Å²) in [7, 11) is 0. The Morgan fingerprint density at radius 2 is 1.43 bits per heavy atom. The van der Waals surface area contributed by atoms with E-state index in [1.54, 1.807) is 6.07 Å². The number of halogens is 8. The van der Waals surface area contributed by atoms with Gasteiger partial charge in [-0.05, 0) is 35.9 Å². The van der Waals surface area contributed by atoms with Crippen LogP contribution in [0, 0.1) is 0 Å². The summed E-state index contributed by atoms with van der Waals surface area (Å²) in [6.45, 7) is 0.00149. The molecule has 0 aliphatic carbocycles. The molecule has 0 spiro atoms. The molecule has 2 aromatic carbocycles. The van der Waals surface area contributed by atoms with E-state index in [4.69, 9.17) is 23.2 Å². The molecule has 0 heterocycles. The quantitative estimate of drug-likeness (QED) is 0.434. The third-order valence-corrected chi connectivity index (χ3v) is 4.45. The smallest absolute Gasteiger partial charge is 0.352 e. The van der Waals surface area contributed by atoms with Crippen molar-refractivity contribution in [3.05, 3.63) is 63.1 Å². The first kappa shape index (κ1) is 23.8. The largest absolute Gasteiger partial charge is 0.417 e. The van der Waals surface area contributed by atoms with Gasteiger partial charge in [0.25, 0.3) is 0 Å². The van der Waals surface area contributed by atoms with Crippen LogP contribution in [0.15, 0.2) is 36.4 Å². The second-order valence-electron chi connectivity index (χ2n) is 6.01. The van der Waals surface area contributed by atoms with Gasteiger partial charge >= 0.3 is 12.4 Å². The van der Waals surface area contributed by atoms with Crippen molar-refractivity contribution in [2.24, 2.45) is 0 Å². The Hall–Kier alpha value is -2.46. The van der Waals surface area contributed by atoms with E-state index < -0.39 is 47.4 Å². The summed E-state index contributed by atoms with van der Waals surface area (Å²) in [4.78, 5) is 23.7. The van der Waals surface area contributed by atoms with Crippen LogP contribution in [0.3, 0.4) is 0 Å². The Bertz CT molecular complexity index is 961. The average Bonchev–Trinajstić information content (AvgIpc) is 2.61. The molecule has 0 atom stereocenters. The zero-order valence-electron chi connectivity index (χ0n) is 14.7. The molecule has 0 aromatic heterocycles. The minimum Gasteiger partial charge on any atom is -0.352 e. The molecule has 0 fully saturated rings. The van der Waals surface area contributed by atoms with Gasteiger partial charge in [0.1, 0.15) is 6.42 Å². The third-order valence-electron chi connectivity index (χ3n) is 3.71. The number of hydrogen-bond donors (Lipinski definition) is 2. The number of carbonyl (C=O) groups is 2. The highest BCUT2D eigenvalue weighted by atomic mass is 35.5. The van der Waals surface area contributed by atoms with E-state index >= 15 is 0 Å². The van der Waals surface area contributed by atoms with Crippen LogP contribution in [-0.4, -0.2) is 11.8 Å². The van der Waals surface area contributed by atoms with E-state index in [-0.39, 0.29) is 23.7 Å². The molecule has 0 radical (unpaired) electrons. The zero-order valence-corrected chi connectivity index (χ0v) is 16.2. The van der Waals surface area contributed by atoms with E-state index in [9.17, 15) is 35.9 Å². The van der Waals surface area contributed by atoms with Gasteiger partial charge in [0.15, 0.2) is 0 Å². The summed E-state index contributed by atoms with van der Waals surface area (Å²) in [5.74, 6) is -1.77. The standard InChI is InChI=1S/C18H12Cl2F6N2O2/c19-13-4-1-9(5-14(13)20)8-27-15(29)7-16(30)28-10-2-3-11(17(21,22)23)12(6-10)18(24,25)26/h1-6H,7-8H2,(H,27,29)(H,28,30). The summed E-state index contributed by atoms with van der Waals surface area (Å²) in [6.07, 6.45) is -11.3. The predicted molar refractivity (Wildman–Crippen MR) is 98.0 cm³/mol. The molecule has 2 aromatic rings. The molecular formula is C18H12Cl2F6N2O2. The van der Waals surface area contributed by atoms with Crippen molar-refractivity contribution in [3.8, 4) is 0 Å². The van der Waals surface area contributed by atoms with Crippen molar-refractivity contribution < 1.29 is 35.9 Å². The van der Waals surface area contributed by atoms with Crippen LogP contribution >= 0.6 is 23.2 Å². The summed E-state index contributed by atoms with van der Waals surface area (Å²) < 4.78 is 77.1. The summed E-state index contributed by atoms with van der Waals surface area (Å²) in [6, 6.07) is 5.61. The highest BCUT2D eigenvalue weighted by Gasteiger charge is 2.43. The Balaban J connectivity index is 2.01. The molecule has 0 aliphatic heterocycles. The van der Waals surface area contributed by atoms with Crippen molar-refractivity contribution in [3.63, 3.8) is 0 Å². The fourth-order valence-electron chi connectivity index (χ4n) is 2.37. The number of benzene rings is 2. The SMILES string of the molecule is O=C(CC(=O)Nc1ccc(C(F)(F)F)c(C(F)(F)F)c1)NCc1ccc(Cl)c(Cl)c1. The lowest BCUT2D eigenvalue weighted by atomic mass is 10.1. The molecule has 12 heteroatoms. The van der Waals surface area contributed by atoms with Gasteiger partial charge in [0.05, 0.1) is 21.2 Å². The molecule has 2 rings (SSSR count). The molecule has 0 aliphatic rings. The van der Waals surface area contributed by atoms with Gasteiger partial charge in [-0.3, -0.25) is 9.59 Å². The summed E-state index contributed by atoms with van der Waals surface area (Å²) in [5.41, 5.74) is -3.78. The predicted octanol–water partition coefficient (Wildman–Crippen LogP) is 5.68. The van der Waals surface area contributed by atoms with Gasteiger partial charge in [-0.1, -0.05) is 29.3 Å². The van der Waals surface area contributed by atoms with Gasteiger partial charge in [0.2, 0.25) is 11.8 Å². The minimum absolute atomic E-state index is 0.00149. The van der Waals surface area contributed by atoms with Gasteiger partial charge in [-0.2, -0.15) is 26.3 Å². The maximum atomic E-state index is 12.9. The highest BCUT2D eigenvalue weighted by Crippen LogP contribution is 2.41. The number of rotatable bonds is 5. The Morgan fingerprint density at radius 3 is 2.00 bits per heavy atom. The van der Waals surface area contributed by atoms with E-state index in [1.165, 1.54) is 12.1 Å². The molecule has 162 valence electrons. The zero-order chi connectivity index (χ0) is 22.7. The van der Waals surface area contributed by atoms with Crippen LogP contribution in [0.2, 0.25) is 10.0 Å². The Kier molecular flexibility index (Phi) is 7.25. The van der Waals surface area contributed by atoms with Crippen molar-refractivity contribution in [1.29, 1.82) is 0 Å². The van der Waals surface area contributed by atoms with Gasteiger partial charge < -0.3 is 10.6 Å². The van der Waals surface area contributed by atoms with Crippen LogP contribution in [0.25, 0.3) is 0 Å². The topological polar surface area (TPSA) is 58.2 Å². The fraction of sp³-hybridized carbons (Fsp3) is 0.222. The van der Waals surface area contributed by atoms with Crippen molar-refractivity contribution in [2.75, 3.05) is 5.32 Å². The van der Waals surface area contributed by atoms with Gasteiger partial charge in [0, 0.05) is 12.2 Å². The Morgan fingerprint density at radius 1 is 0.800 bits per heavy atom. The first-order chi connectivity index (χ1) is 13.8. The molecule has 2 amide bonds. The van der Waals surface area contributed by atoms with Crippen molar-refractivity contribution >= 4 is 40.7 Å². The maximum absolute atomic E-state index is 12.9. The second kappa shape index (κ2) is 9.13. The number of hydrogen-bond acceptors (Lipinski definition) is 2. The molecule has 30 heavy (non-hydrogen) atoms. The number of anilines is 1. The Labute approximate surface area is 176 Å². The molecule has 0 unspecified atom stereocenters. The second-order valence-corrected chi connectivity index (χ2v) is 6.82.